The SMILES string of the molecule is CCOc1cccc(N2C(=O)C(=O)/C(=C(\O)c3ccc([N+](=O)[O-])cc3)C2c2ccc(O)c(OCC)c2)c1. The summed E-state index contributed by atoms with van der Waals surface area (Å²) < 4.78 is 11.1. The second-order valence-corrected chi connectivity index (χ2v) is 8.06. The molecule has 3 aromatic rings. The molecule has 1 unspecified atom stereocenters. The number of amides is 1. The molecule has 1 amide bonds. The molecule has 1 aliphatic rings. The van der Waals surface area contributed by atoms with Crippen molar-refractivity contribution in [3.05, 3.63) is 93.5 Å². The number of phenols is 1. The Bertz CT molecular complexity index is 1400. The van der Waals surface area contributed by atoms with Gasteiger partial charge in [-0.3, -0.25) is 24.6 Å². The highest BCUT2D eigenvalue weighted by Gasteiger charge is 2.47. The number of aliphatic hydroxyl groups excluding tert-OH is 1. The maximum atomic E-state index is 13.3. The Morgan fingerprint density at radius 1 is 1.00 bits per heavy atom. The number of phenolic OH excluding ortho intramolecular Hbond substituents is 1. The molecule has 0 radical (unpaired) electrons. The number of nitro groups is 1. The van der Waals surface area contributed by atoms with Crippen LogP contribution in [0.25, 0.3) is 5.76 Å². The second kappa shape index (κ2) is 10.4. The van der Waals surface area contributed by atoms with Crippen LogP contribution in [-0.4, -0.2) is 40.0 Å². The highest BCUT2D eigenvalue weighted by molar-refractivity contribution is 6.51. The molecule has 1 saturated heterocycles. The molecule has 1 heterocycles. The van der Waals surface area contributed by atoms with Crippen molar-refractivity contribution in [1.29, 1.82) is 0 Å². The largest absolute Gasteiger partial charge is 0.507 e. The molecule has 1 fully saturated rings. The van der Waals surface area contributed by atoms with Gasteiger partial charge in [-0.15, -0.1) is 0 Å². The van der Waals surface area contributed by atoms with Crippen LogP contribution in [-0.2, 0) is 9.59 Å². The molecule has 1 atom stereocenters. The summed E-state index contributed by atoms with van der Waals surface area (Å²) in [7, 11) is 0. The molecule has 1 aliphatic heterocycles. The van der Waals surface area contributed by atoms with Crippen molar-refractivity contribution in [1.82, 2.24) is 0 Å². The first kappa shape index (κ1) is 25.2. The molecule has 0 aliphatic carbocycles. The first-order valence-corrected chi connectivity index (χ1v) is 11.5. The van der Waals surface area contributed by atoms with Crippen LogP contribution in [0.4, 0.5) is 11.4 Å². The zero-order valence-corrected chi connectivity index (χ0v) is 20.1. The van der Waals surface area contributed by atoms with E-state index in [9.17, 15) is 29.9 Å². The predicted octanol–water partition coefficient (Wildman–Crippen LogP) is 4.72. The van der Waals surface area contributed by atoms with Gasteiger partial charge in [-0.1, -0.05) is 12.1 Å². The molecule has 0 spiro atoms. The van der Waals surface area contributed by atoms with Gasteiger partial charge in [0.25, 0.3) is 17.4 Å². The fourth-order valence-electron chi connectivity index (χ4n) is 4.17. The Kier molecular flexibility index (Phi) is 7.10. The first-order valence-electron chi connectivity index (χ1n) is 11.5. The molecular weight excluding hydrogens is 480 g/mol. The monoisotopic (exact) mass is 504 g/mol. The quantitative estimate of drug-likeness (QED) is 0.148. The summed E-state index contributed by atoms with van der Waals surface area (Å²) in [6.07, 6.45) is 0. The van der Waals surface area contributed by atoms with E-state index in [1.165, 1.54) is 47.4 Å². The minimum absolute atomic E-state index is 0.125. The van der Waals surface area contributed by atoms with Crippen LogP contribution >= 0.6 is 0 Å². The Morgan fingerprint density at radius 2 is 1.70 bits per heavy atom. The fourth-order valence-corrected chi connectivity index (χ4v) is 4.17. The lowest BCUT2D eigenvalue weighted by atomic mass is 9.94. The molecule has 3 aromatic carbocycles. The number of ketones is 1. The van der Waals surface area contributed by atoms with Crippen molar-refractivity contribution >= 4 is 28.8 Å². The minimum Gasteiger partial charge on any atom is -0.507 e. The number of carbonyl (C=O) groups excluding carboxylic acids is 2. The lowest BCUT2D eigenvalue weighted by Gasteiger charge is -2.26. The number of Topliss-reactive ketones (excluding diaryl/α,β-unsaturated/α-hetero) is 1. The number of anilines is 1. The highest BCUT2D eigenvalue weighted by atomic mass is 16.6. The lowest BCUT2D eigenvalue weighted by molar-refractivity contribution is -0.384. The minimum atomic E-state index is -1.09. The van der Waals surface area contributed by atoms with Crippen molar-refractivity contribution in [2.45, 2.75) is 19.9 Å². The Labute approximate surface area is 212 Å². The van der Waals surface area contributed by atoms with Crippen LogP contribution in [0, 0.1) is 10.1 Å². The second-order valence-electron chi connectivity index (χ2n) is 8.06. The van der Waals surface area contributed by atoms with Gasteiger partial charge in [-0.25, -0.2) is 0 Å². The summed E-state index contributed by atoms with van der Waals surface area (Å²) in [5, 5.41) is 32.5. The van der Waals surface area contributed by atoms with Gasteiger partial charge in [0.15, 0.2) is 11.5 Å². The van der Waals surface area contributed by atoms with E-state index in [1.807, 2.05) is 6.92 Å². The number of aromatic hydroxyl groups is 1. The molecule has 2 N–H and O–H groups in total. The number of non-ortho nitro benzene ring substituents is 1. The van der Waals surface area contributed by atoms with E-state index >= 15 is 0 Å². The maximum absolute atomic E-state index is 13.3. The fraction of sp³-hybridized carbons (Fsp3) is 0.185. The van der Waals surface area contributed by atoms with E-state index in [2.05, 4.69) is 0 Å². The first-order chi connectivity index (χ1) is 17.8. The van der Waals surface area contributed by atoms with Gasteiger partial charge in [0.2, 0.25) is 0 Å². The Hall–Kier alpha value is -4.86. The van der Waals surface area contributed by atoms with E-state index in [0.29, 0.717) is 23.6 Å². The number of aliphatic hydroxyl groups is 1. The molecule has 0 saturated carbocycles. The van der Waals surface area contributed by atoms with Gasteiger partial charge < -0.3 is 19.7 Å². The number of hydrogen-bond acceptors (Lipinski definition) is 8. The van der Waals surface area contributed by atoms with Crippen LogP contribution in [0.1, 0.15) is 31.0 Å². The molecule has 4 rings (SSSR count). The van der Waals surface area contributed by atoms with Gasteiger partial charge in [0.1, 0.15) is 11.5 Å². The van der Waals surface area contributed by atoms with Crippen molar-refractivity contribution in [3.8, 4) is 17.2 Å². The van der Waals surface area contributed by atoms with E-state index in [-0.39, 0.29) is 34.9 Å². The number of hydrogen-bond donors (Lipinski definition) is 2. The third-order valence-electron chi connectivity index (χ3n) is 5.80. The number of carbonyl (C=O) groups is 2. The molecule has 37 heavy (non-hydrogen) atoms. The van der Waals surface area contributed by atoms with Gasteiger partial charge in [0.05, 0.1) is 29.8 Å². The normalized spacial score (nSPS) is 16.6. The summed E-state index contributed by atoms with van der Waals surface area (Å²) in [6, 6.07) is 14.9. The maximum Gasteiger partial charge on any atom is 0.300 e. The number of nitro benzene ring substituents is 1. The molecule has 0 aromatic heterocycles. The van der Waals surface area contributed by atoms with E-state index < -0.39 is 28.4 Å². The average Bonchev–Trinajstić information content (AvgIpc) is 3.15. The van der Waals surface area contributed by atoms with Gasteiger partial charge in [-0.05, 0) is 55.8 Å². The standard InChI is InChI=1S/C27H24N2O8/c1-3-36-20-7-5-6-19(15-20)28-24(17-10-13-21(30)22(14-17)37-4-2)23(26(32)27(28)33)25(31)16-8-11-18(12-9-16)29(34)35/h5-15,24,30-31H,3-4H2,1-2H3/b25-23-. The van der Waals surface area contributed by atoms with Crippen LogP contribution in [0.3, 0.4) is 0 Å². The van der Waals surface area contributed by atoms with Crippen LogP contribution in [0.2, 0.25) is 0 Å². The van der Waals surface area contributed by atoms with E-state index in [4.69, 9.17) is 9.47 Å². The van der Waals surface area contributed by atoms with Crippen molar-refractivity contribution in [3.63, 3.8) is 0 Å². The van der Waals surface area contributed by atoms with Crippen molar-refractivity contribution < 1.29 is 34.2 Å². The van der Waals surface area contributed by atoms with Gasteiger partial charge in [-0.2, -0.15) is 0 Å². The van der Waals surface area contributed by atoms with Gasteiger partial charge >= 0.3 is 0 Å². The highest BCUT2D eigenvalue weighted by Crippen LogP contribution is 2.44. The molecule has 10 nitrogen and oxygen atoms in total. The third kappa shape index (κ3) is 4.81. The molecule has 10 heteroatoms. The number of nitrogens with zero attached hydrogens (tertiary/aromatic N) is 2. The summed E-state index contributed by atoms with van der Waals surface area (Å²) in [4.78, 5) is 38.4. The summed E-state index contributed by atoms with van der Waals surface area (Å²) >= 11 is 0. The number of ether oxygens (including phenoxy) is 2. The lowest BCUT2D eigenvalue weighted by Crippen LogP contribution is -2.29. The predicted molar refractivity (Wildman–Crippen MR) is 135 cm³/mol. The van der Waals surface area contributed by atoms with E-state index in [0.717, 1.165) is 0 Å². The van der Waals surface area contributed by atoms with Crippen molar-refractivity contribution in [2.24, 2.45) is 0 Å². The number of rotatable bonds is 8. The Balaban J connectivity index is 1.93. The topological polar surface area (TPSA) is 139 Å². The molecule has 190 valence electrons. The summed E-state index contributed by atoms with van der Waals surface area (Å²) in [5.74, 6) is -1.81. The zero-order chi connectivity index (χ0) is 26.7. The van der Waals surface area contributed by atoms with Gasteiger partial charge in [0, 0.05) is 29.4 Å². The molecular formula is C27H24N2O8. The van der Waals surface area contributed by atoms with Crippen molar-refractivity contribution in [2.75, 3.05) is 18.1 Å². The number of benzene rings is 3. The molecule has 0 bridgehead atoms. The Morgan fingerprint density at radius 3 is 2.35 bits per heavy atom. The summed E-state index contributed by atoms with van der Waals surface area (Å²) in [5.41, 5.74) is 0.466. The van der Waals surface area contributed by atoms with Crippen LogP contribution in [0.5, 0.6) is 17.2 Å². The van der Waals surface area contributed by atoms with E-state index in [1.54, 1.807) is 31.2 Å². The average molecular weight is 504 g/mol. The zero-order valence-electron chi connectivity index (χ0n) is 20.1. The van der Waals surface area contributed by atoms with Crippen LogP contribution < -0.4 is 14.4 Å². The van der Waals surface area contributed by atoms with Crippen LogP contribution in [0.15, 0.2) is 72.3 Å². The smallest absolute Gasteiger partial charge is 0.300 e. The third-order valence-corrected chi connectivity index (χ3v) is 5.80. The summed E-state index contributed by atoms with van der Waals surface area (Å²) in [6.45, 7) is 4.21.